The van der Waals surface area contributed by atoms with Crippen molar-refractivity contribution in [3.63, 3.8) is 0 Å². The summed E-state index contributed by atoms with van der Waals surface area (Å²) >= 11 is 6.30. The summed E-state index contributed by atoms with van der Waals surface area (Å²) in [7, 11) is 5.01. The van der Waals surface area contributed by atoms with E-state index in [4.69, 9.17) is 21.1 Å². The molecule has 0 saturated heterocycles. The predicted octanol–water partition coefficient (Wildman–Crippen LogP) is 3.06. The van der Waals surface area contributed by atoms with Crippen LogP contribution in [0.2, 0.25) is 5.15 Å². The van der Waals surface area contributed by atoms with E-state index in [1.807, 2.05) is 19.1 Å². The molecule has 1 saturated carbocycles. The molecule has 0 bridgehead atoms. The van der Waals surface area contributed by atoms with Gasteiger partial charge in [-0.2, -0.15) is 5.10 Å². The second kappa shape index (κ2) is 8.46. The number of pyridine rings is 1. The number of halogens is 1. The third-order valence-corrected chi connectivity index (χ3v) is 6.49. The summed E-state index contributed by atoms with van der Waals surface area (Å²) in [5.74, 6) is 1.44. The fourth-order valence-electron chi connectivity index (χ4n) is 3.82. The first-order valence-corrected chi connectivity index (χ1v) is 10.7. The van der Waals surface area contributed by atoms with Gasteiger partial charge in [-0.25, -0.2) is 4.68 Å². The van der Waals surface area contributed by atoms with Crippen LogP contribution in [0.25, 0.3) is 0 Å². The zero-order valence-electron chi connectivity index (χ0n) is 18.8. The van der Waals surface area contributed by atoms with Crippen molar-refractivity contribution in [3.05, 3.63) is 56.9 Å². The molecular weight excluding hydrogens is 432 g/mol. The fourth-order valence-corrected chi connectivity index (χ4v) is 4.06. The second-order valence-electron chi connectivity index (χ2n) is 8.48. The lowest BCUT2D eigenvalue weighted by atomic mass is 10.1. The molecule has 1 aliphatic rings. The molecule has 3 aromatic heterocycles. The Morgan fingerprint density at radius 2 is 2.06 bits per heavy atom. The van der Waals surface area contributed by atoms with Crippen LogP contribution < -0.4 is 20.3 Å². The highest BCUT2D eigenvalue weighted by atomic mass is 35.5. The fraction of sp³-hybridized carbons (Fsp3) is 0.455. The van der Waals surface area contributed by atoms with Crippen LogP contribution in [0.4, 0.5) is 5.69 Å². The van der Waals surface area contributed by atoms with Gasteiger partial charge >= 0.3 is 0 Å². The molecule has 170 valence electrons. The predicted molar refractivity (Wildman–Crippen MR) is 122 cm³/mol. The van der Waals surface area contributed by atoms with Crippen LogP contribution in [0.3, 0.4) is 0 Å². The van der Waals surface area contributed by atoms with Crippen LogP contribution in [0, 0.1) is 12.3 Å². The van der Waals surface area contributed by atoms with Crippen LogP contribution in [-0.2, 0) is 20.6 Å². The highest BCUT2D eigenvalue weighted by Crippen LogP contribution is 2.58. The Hall–Kier alpha value is -3.07. The highest BCUT2D eigenvalue weighted by molar-refractivity contribution is 6.30. The van der Waals surface area contributed by atoms with Gasteiger partial charge in [-0.15, -0.1) is 5.10 Å². The van der Waals surface area contributed by atoms with Gasteiger partial charge < -0.3 is 14.8 Å². The van der Waals surface area contributed by atoms with E-state index in [9.17, 15) is 4.79 Å². The van der Waals surface area contributed by atoms with E-state index in [1.165, 1.54) is 4.68 Å². The molecule has 0 spiro atoms. The van der Waals surface area contributed by atoms with Gasteiger partial charge in [-0.1, -0.05) is 18.5 Å². The van der Waals surface area contributed by atoms with Crippen molar-refractivity contribution in [2.75, 3.05) is 19.0 Å². The largest absolute Gasteiger partial charge is 0.495 e. The quantitative estimate of drug-likeness (QED) is 0.554. The Bertz CT molecular complexity index is 1190. The third kappa shape index (κ3) is 4.29. The molecule has 3 aromatic rings. The monoisotopic (exact) mass is 458 g/mol. The van der Waals surface area contributed by atoms with Gasteiger partial charge in [-0.05, 0) is 25.5 Å². The summed E-state index contributed by atoms with van der Waals surface area (Å²) in [5, 5.41) is 12.2. The van der Waals surface area contributed by atoms with Crippen molar-refractivity contribution in [1.82, 2.24) is 24.5 Å². The van der Waals surface area contributed by atoms with Gasteiger partial charge in [-0.3, -0.25) is 14.5 Å². The van der Waals surface area contributed by atoms with Crippen molar-refractivity contribution in [2.24, 2.45) is 19.5 Å². The first-order valence-electron chi connectivity index (χ1n) is 10.3. The van der Waals surface area contributed by atoms with E-state index in [0.29, 0.717) is 35.8 Å². The minimum atomic E-state index is -0.243. The number of methoxy groups -OCH3 is 1. The lowest BCUT2D eigenvalue weighted by molar-refractivity contribution is 0.228. The maximum absolute atomic E-state index is 12.5. The molecule has 1 N–H and O–H groups in total. The zero-order valence-corrected chi connectivity index (χ0v) is 19.6. The number of hydrogen-bond donors (Lipinski definition) is 1. The number of rotatable bonds is 8. The smallest absolute Gasteiger partial charge is 0.290 e. The van der Waals surface area contributed by atoms with Gasteiger partial charge in [0.1, 0.15) is 16.6 Å². The SMILES string of the molecule is COc1ccc(C2CC2(C)COc2cc(NCc3c(C)nn(C)c3Cl)c(=O)n(C)n2)nc1. The summed E-state index contributed by atoms with van der Waals surface area (Å²) in [6, 6.07) is 5.55. The summed E-state index contributed by atoms with van der Waals surface area (Å²) in [5.41, 5.74) is 2.80. The van der Waals surface area contributed by atoms with Crippen molar-refractivity contribution >= 4 is 17.3 Å². The Morgan fingerprint density at radius 3 is 2.69 bits per heavy atom. The van der Waals surface area contributed by atoms with Crippen LogP contribution >= 0.6 is 11.6 Å². The Kier molecular flexibility index (Phi) is 5.85. The molecule has 9 nitrogen and oxygen atoms in total. The van der Waals surface area contributed by atoms with Crippen LogP contribution in [0.15, 0.2) is 29.2 Å². The van der Waals surface area contributed by atoms with Crippen LogP contribution in [-0.4, -0.2) is 38.3 Å². The molecular formula is C22H27ClN6O3. The van der Waals surface area contributed by atoms with E-state index in [-0.39, 0.29) is 11.0 Å². The molecule has 1 aliphatic carbocycles. The Balaban J connectivity index is 1.43. The summed E-state index contributed by atoms with van der Waals surface area (Å²) in [6.07, 6.45) is 2.71. The zero-order chi connectivity index (χ0) is 23.0. The van der Waals surface area contributed by atoms with Crippen LogP contribution in [0.5, 0.6) is 11.6 Å². The van der Waals surface area contributed by atoms with E-state index >= 15 is 0 Å². The number of aryl methyl sites for hydroxylation is 3. The van der Waals surface area contributed by atoms with Crippen molar-refractivity contribution < 1.29 is 9.47 Å². The van der Waals surface area contributed by atoms with Gasteiger partial charge in [0.15, 0.2) is 0 Å². The van der Waals surface area contributed by atoms with Gasteiger partial charge in [0, 0.05) is 49.3 Å². The number of aromatic nitrogens is 5. The molecule has 0 aliphatic heterocycles. The molecule has 4 rings (SSSR count). The molecule has 0 amide bonds. The molecule has 2 atom stereocenters. The van der Waals surface area contributed by atoms with Crippen molar-refractivity contribution in [2.45, 2.75) is 32.7 Å². The molecule has 32 heavy (non-hydrogen) atoms. The first kappa shape index (κ1) is 22.1. The second-order valence-corrected chi connectivity index (χ2v) is 8.84. The average molecular weight is 459 g/mol. The summed E-state index contributed by atoms with van der Waals surface area (Å²) in [6.45, 7) is 4.90. The van der Waals surface area contributed by atoms with E-state index in [0.717, 1.165) is 29.1 Å². The number of nitrogens with one attached hydrogen (secondary N) is 1. The van der Waals surface area contributed by atoms with E-state index in [1.54, 1.807) is 38.2 Å². The highest BCUT2D eigenvalue weighted by Gasteiger charge is 2.52. The number of ether oxygens (including phenoxy) is 2. The molecule has 10 heteroatoms. The number of hydrogen-bond acceptors (Lipinski definition) is 7. The minimum Gasteiger partial charge on any atom is -0.495 e. The maximum atomic E-state index is 12.5. The van der Waals surface area contributed by atoms with Crippen molar-refractivity contribution in [3.8, 4) is 11.6 Å². The topological polar surface area (TPSA) is 96.1 Å². The van der Waals surface area contributed by atoms with Gasteiger partial charge in [0.25, 0.3) is 5.56 Å². The van der Waals surface area contributed by atoms with E-state index < -0.39 is 0 Å². The molecule has 2 unspecified atom stereocenters. The van der Waals surface area contributed by atoms with Gasteiger partial charge in [0.2, 0.25) is 5.88 Å². The lowest BCUT2D eigenvalue weighted by Gasteiger charge is -2.14. The summed E-state index contributed by atoms with van der Waals surface area (Å²) in [4.78, 5) is 17.0. The van der Waals surface area contributed by atoms with Gasteiger partial charge in [0.05, 0.1) is 25.6 Å². The first-order chi connectivity index (χ1) is 15.2. The molecule has 0 aromatic carbocycles. The van der Waals surface area contributed by atoms with Crippen molar-refractivity contribution in [1.29, 1.82) is 0 Å². The molecule has 0 radical (unpaired) electrons. The Morgan fingerprint density at radius 1 is 1.28 bits per heavy atom. The lowest BCUT2D eigenvalue weighted by Crippen LogP contribution is -2.24. The third-order valence-electron chi connectivity index (χ3n) is 6.02. The molecule has 1 fully saturated rings. The number of nitrogens with zero attached hydrogens (tertiary/aromatic N) is 5. The van der Waals surface area contributed by atoms with Crippen LogP contribution in [0.1, 0.15) is 36.2 Å². The number of anilines is 1. The summed E-state index contributed by atoms with van der Waals surface area (Å²) < 4.78 is 14.1. The Labute approximate surface area is 191 Å². The maximum Gasteiger partial charge on any atom is 0.290 e. The normalized spacial score (nSPS) is 19.6. The average Bonchev–Trinajstić information content (AvgIpc) is 3.39. The molecule has 3 heterocycles. The van der Waals surface area contributed by atoms with E-state index in [2.05, 4.69) is 27.4 Å². The standard InChI is InChI=1S/C22H27ClN6O3/c1-13-15(20(23)28(3)26-13)11-25-18-8-19(27-29(4)21(18)30)32-12-22(2)9-16(22)17-7-6-14(31-5)10-24-17/h6-8,10,16,25H,9,11-12H2,1-5H3. The minimum absolute atomic E-state index is 0.0358.